The first-order valence-corrected chi connectivity index (χ1v) is 8.74. The molecule has 1 N–H and O–H groups in total. The van der Waals surface area contributed by atoms with Gasteiger partial charge in [0.25, 0.3) is 0 Å². The largest absolute Gasteiger partial charge is 0.332 e. The fraction of sp³-hybridized carbons (Fsp3) is 0.667. The van der Waals surface area contributed by atoms with Gasteiger partial charge in [-0.2, -0.15) is 0 Å². The summed E-state index contributed by atoms with van der Waals surface area (Å²) in [7, 11) is 1.90. The number of hydrogen-bond acceptors (Lipinski definition) is 3. The molecule has 0 bridgehead atoms. The highest BCUT2D eigenvalue weighted by Crippen LogP contribution is 2.24. The van der Waals surface area contributed by atoms with E-state index >= 15 is 0 Å². The molecule has 2 atom stereocenters. The minimum Gasteiger partial charge on any atom is -0.332 e. The van der Waals surface area contributed by atoms with E-state index in [-0.39, 0.29) is 12.1 Å². The van der Waals surface area contributed by atoms with E-state index in [1.165, 1.54) is 17.0 Å². The van der Waals surface area contributed by atoms with Crippen LogP contribution in [0, 0.1) is 0 Å². The van der Waals surface area contributed by atoms with Gasteiger partial charge in [0.1, 0.15) is 0 Å². The number of aromatic nitrogens is 1. The van der Waals surface area contributed by atoms with E-state index in [0.29, 0.717) is 12.0 Å². The van der Waals surface area contributed by atoms with Gasteiger partial charge in [-0.1, -0.05) is 26.8 Å². The summed E-state index contributed by atoms with van der Waals surface area (Å²) in [5.41, 5.74) is 3.72. The molecule has 23 heavy (non-hydrogen) atoms. The third kappa shape index (κ3) is 3.20. The second-order valence-corrected chi connectivity index (χ2v) is 7.11. The molecule has 0 saturated carbocycles. The Morgan fingerprint density at radius 1 is 1.39 bits per heavy atom. The van der Waals surface area contributed by atoms with Gasteiger partial charge < -0.3 is 10.2 Å². The number of nitrogens with one attached hydrogen (secondary N) is 1. The topological polar surface area (TPSA) is 48.5 Å². The number of amides is 2. The van der Waals surface area contributed by atoms with Crippen molar-refractivity contribution < 1.29 is 4.79 Å². The molecule has 0 unspecified atom stereocenters. The van der Waals surface area contributed by atoms with Crippen LogP contribution < -0.4 is 5.32 Å². The molecule has 3 rings (SSSR count). The molecular weight excluding hydrogens is 288 g/mol. The highest BCUT2D eigenvalue weighted by atomic mass is 16.2. The van der Waals surface area contributed by atoms with Crippen LogP contribution in [0.2, 0.25) is 0 Å². The number of carbonyl (C=O) groups excluding carboxylic acids is 1. The summed E-state index contributed by atoms with van der Waals surface area (Å²) in [6, 6.07) is 5.09. The molecule has 0 spiro atoms. The Bertz CT molecular complexity index is 586. The highest BCUT2D eigenvalue weighted by molar-refractivity contribution is 5.77. The summed E-state index contributed by atoms with van der Waals surface area (Å²) in [4.78, 5) is 20.9. The minimum absolute atomic E-state index is 0.0686. The van der Waals surface area contributed by atoms with Crippen molar-refractivity contribution in [3.8, 4) is 0 Å². The third-order valence-corrected chi connectivity index (χ3v) is 5.20. The highest BCUT2D eigenvalue weighted by Gasteiger charge is 2.40. The number of urea groups is 1. The van der Waals surface area contributed by atoms with Crippen molar-refractivity contribution in [1.29, 1.82) is 0 Å². The second kappa shape index (κ2) is 6.48. The molecule has 2 aliphatic rings. The standard InChI is InChI=1S/C18H28N4O/c1-5-14-13(6-7-15(19-14)12(2)3)10-22-9-8-17-16(11-22)20-18(23)21(17)4/h6-7,12,16-17H,5,8-11H2,1-4H3,(H,20,23)/t16-,17+/m1/s1. The van der Waals surface area contributed by atoms with Crippen molar-refractivity contribution in [3.63, 3.8) is 0 Å². The Hall–Kier alpha value is -1.62. The van der Waals surface area contributed by atoms with E-state index in [9.17, 15) is 4.79 Å². The summed E-state index contributed by atoms with van der Waals surface area (Å²) in [5.74, 6) is 0.467. The zero-order valence-corrected chi connectivity index (χ0v) is 14.7. The average molecular weight is 316 g/mol. The van der Waals surface area contributed by atoms with Crippen LogP contribution in [-0.4, -0.2) is 53.0 Å². The van der Waals surface area contributed by atoms with Crippen LogP contribution in [-0.2, 0) is 13.0 Å². The molecular formula is C18H28N4O. The number of hydrogen-bond donors (Lipinski definition) is 1. The molecule has 1 aromatic heterocycles. The maximum Gasteiger partial charge on any atom is 0.317 e. The van der Waals surface area contributed by atoms with Crippen molar-refractivity contribution in [2.45, 2.75) is 58.2 Å². The summed E-state index contributed by atoms with van der Waals surface area (Å²) in [6.45, 7) is 9.44. The number of carbonyl (C=O) groups is 1. The van der Waals surface area contributed by atoms with Crippen molar-refractivity contribution in [2.24, 2.45) is 0 Å². The lowest BCUT2D eigenvalue weighted by Crippen LogP contribution is -2.50. The van der Waals surface area contributed by atoms with Crippen LogP contribution in [0.1, 0.15) is 50.1 Å². The number of likely N-dealkylation sites (N-methyl/N-ethyl adjacent to an activating group) is 1. The van der Waals surface area contributed by atoms with Crippen LogP contribution in [0.5, 0.6) is 0 Å². The van der Waals surface area contributed by atoms with Gasteiger partial charge in [0.2, 0.25) is 0 Å². The van der Waals surface area contributed by atoms with Crippen molar-refractivity contribution in [2.75, 3.05) is 20.1 Å². The molecule has 126 valence electrons. The van der Waals surface area contributed by atoms with Crippen LogP contribution in [0.25, 0.3) is 0 Å². The lowest BCUT2D eigenvalue weighted by Gasteiger charge is -2.36. The molecule has 2 aliphatic heterocycles. The second-order valence-electron chi connectivity index (χ2n) is 7.11. The molecule has 1 aromatic rings. The summed E-state index contributed by atoms with van der Waals surface area (Å²) in [5, 5.41) is 3.10. The SMILES string of the molecule is CCc1nc(C(C)C)ccc1CN1CC[C@H]2[C@@H](C1)NC(=O)N2C. The number of piperidine rings is 1. The Kier molecular flexibility index (Phi) is 4.57. The molecule has 0 radical (unpaired) electrons. The number of pyridine rings is 1. The number of rotatable bonds is 4. The number of nitrogens with zero attached hydrogens (tertiary/aromatic N) is 3. The Labute approximate surface area is 139 Å². The number of fused-ring (bicyclic) bond motifs is 1. The number of likely N-dealkylation sites (tertiary alicyclic amines) is 1. The van der Waals surface area contributed by atoms with E-state index in [2.05, 4.69) is 43.1 Å². The van der Waals surface area contributed by atoms with E-state index in [4.69, 9.17) is 4.98 Å². The predicted octanol–water partition coefficient (Wildman–Crippen LogP) is 2.37. The maximum absolute atomic E-state index is 11.8. The monoisotopic (exact) mass is 316 g/mol. The first kappa shape index (κ1) is 16.2. The Morgan fingerprint density at radius 2 is 2.17 bits per heavy atom. The lowest BCUT2D eigenvalue weighted by molar-refractivity contribution is 0.147. The quantitative estimate of drug-likeness (QED) is 0.928. The number of aryl methyl sites for hydroxylation is 1. The van der Waals surface area contributed by atoms with Gasteiger partial charge in [-0.05, 0) is 30.4 Å². The molecule has 3 heterocycles. The summed E-state index contributed by atoms with van der Waals surface area (Å²) >= 11 is 0. The first-order chi connectivity index (χ1) is 11.0. The van der Waals surface area contributed by atoms with Crippen LogP contribution in [0.4, 0.5) is 4.79 Å². The fourth-order valence-corrected chi connectivity index (χ4v) is 3.73. The molecule has 0 aromatic carbocycles. The van der Waals surface area contributed by atoms with Crippen molar-refractivity contribution >= 4 is 6.03 Å². The molecule has 2 amide bonds. The van der Waals surface area contributed by atoms with Crippen molar-refractivity contribution in [3.05, 3.63) is 29.1 Å². The molecule has 5 nitrogen and oxygen atoms in total. The van der Waals surface area contributed by atoms with Gasteiger partial charge in [-0.25, -0.2) is 4.79 Å². The summed E-state index contributed by atoms with van der Waals surface area (Å²) < 4.78 is 0. The average Bonchev–Trinajstić information content (AvgIpc) is 2.81. The molecule has 2 fully saturated rings. The van der Waals surface area contributed by atoms with E-state index < -0.39 is 0 Å². The third-order valence-electron chi connectivity index (χ3n) is 5.20. The van der Waals surface area contributed by atoms with Crippen LogP contribution in [0.15, 0.2) is 12.1 Å². The smallest absolute Gasteiger partial charge is 0.317 e. The van der Waals surface area contributed by atoms with Crippen LogP contribution >= 0.6 is 0 Å². The van der Waals surface area contributed by atoms with Gasteiger partial charge in [0.15, 0.2) is 0 Å². The zero-order chi connectivity index (χ0) is 16.6. The summed E-state index contributed by atoms with van der Waals surface area (Å²) in [6.07, 6.45) is 2.01. The van der Waals surface area contributed by atoms with Gasteiger partial charge in [-0.15, -0.1) is 0 Å². The molecule has 2 saturated heterocycles. The van der Waals surface area contributed by atoms with Gasteiger partial charge in [-0.3, -0.25) is 9.88 Å². The lowest BCUT2D eigenvalue weighted by atomic mass is 9.99. The van der Waals surface area contributed by atoms with Gasteiger partial charge in [0.05, 0.1) is 12.1 Å². The first-order valence-electron chi connectivity index (χ1n) is 8.74. The maximum atomic E-state index is 11.8. The van der Waals surface area contributed by atoms with Crippen molar-refractivity contribution in [1.82, 2.24) is 20.1 Å². The minimum atomic E-state index is 0.0686. The van der Waals surface area contributed by atoms with E-state index in [1.807, 2.05) is 11.9 Å². The predicted molar refractivity (Wildman–Crippen MR) is 91.5 cm³/mol. The van der Waals surface area contributed by atoms with Crippen LogP contribution in [0.3, 0.4) is 0 Å². The Morgan fingerprint density at radius 3 is 2.87 bits per heavy atom. The fourth-order valence-electron chi connectivity index (χ4n) is 3.73. The zero-order valence-electron chi connectivity index (χ0n) is 14.7. The normalized spacial score (nSPS) is 24.9. The van der Waals surface area contributed by atoms with Gasteiger partial charge >= 0.3 is 6.03 Å². The van der Waals surface area contributed by atoms with Gasteiger partial charge in [0, 0.05) is 38.1 Å². The molecule has 0 aliphatic carbocycles. The molecule has 5 heteroatoms. The van der Waals surface area contributed by atoms with E-state index in [0.717, 1.165) is 32.5 Å². The Balaban J connectivity index is 1.70. The van der Waals surface area contributed by atoms with E-state index in [1.54, 1.807) is 0 Å².